The van der Waals surface area contributed by atoms with Crippen LogP contribution in [-0.4, -0.2) is 26.8 Å². The first kappa shape index (κ1) is 26.1. The second kappa shape index (κ2) is 11.2. The van der Waals surface area contributed by atoms with Crippen LogP contribution in [0.25, 0.3) is 0 Å². The Bertz CT molecular complexity index is 1330. The number of sulfonamides is 1. The summed E-state index contributed by atoms with van der Waals surface area (Å²) in [6, 6.07) is 15.9. The third-order valence-corrected chi connectivity index (χ3v) is 7.04. The molecule has 3 rings (SSSR count). The summed E-state index contributed by atoms with van der Waals surface area (Å²) in [4.78, 5) is 24.8. The number of nitrogens with one attached hydrogen (secondary N) is 3. The highest BCUT2D eigenvalue weighted by molar-refractivity contribution is 7.89. The summed E-state index contributed by atoms with van der Waals surface area (Å²) in [7, 11) is -3.74. The summed E-state index contributed by atoms with van der Waals surface area (Å²) in [6.45, 7) is 5.56. The molecule has 3 aromatic rings. The minimum Gasteiger partial charge on any atom is -0.352 e. The van der Waals surface area contributed by atoms with Gasteiger partial charge in [-0.3, -0.25) is 9.59 Å². The minimum absolute atomic E-state index is 0.0286. The maximum atomic E-state index is 13.3. The van der Waals surface area contributed by atoms with Gasteiger partial charge < -0.3 is 10.6 Å². The van der Waals surface area contributed by atoms with Gasteiger partial charge in [-0.2, -0.15) is 0 Å². The van der Waals surface area contributed by atoms with E-state index in [1.807, 2.05) is 19.1 Å². The molecule has 0 bridgehead atoms. The smallest absolute Gasteiger partial charge is 0.255 e. The first-order valence-corrected chi connectivity index (χ1v) is 12.5. The van der Waals surface area contributed by atoms with Gasteiger partial charge in [0.2, 0.25) is 15.9 Å². The van der Waals surface area contributed by atoms with Crippen molar-refractivity contribution >= 4 is 27.5 Å². The van der Waals surface area contributed by atoms with Crippen molar-refractivity contribution in [1.29, 1.82) is 0 Å². The van der Waals surface area contributed by atoms with Gasteiger partial charge in [0.25, 0.3) is 5.91 Å². The number of hydrogen-bond acceptors (Lipinski definition) is 4. The fourth-order valence-corrected chi connectivity index (χ4v) is 5.32. The first-order chi connectivity index (χ1) is 16.5. The monoisotopic (exact) mass is 497 g/mol. The van der Waals surface area contributed by atoms with Crippen molar-refractivity contribution < 1.29 is 22.4 Å². The molecule has 0 heterocycles. The quantitative estimate of drug-likeness (QED) is 0.416. The van der Waals surface area contributed by atoms with Crippen LogP contribution in [0.15, 0.2) is 65.6 Å². The Morgan fingerprint density at radius 3 is 2.29 bits per heavy atom. The molecule has 7 nitrogen and oxygen atoms in total. The Labute approximate surface area is 204 Å². The van der Waals surface area contributed by atoms with Crippen LogP contribution in [0.3, 0.4) is 0 Å². The lowest BCUT2D eigenvalue weighted by Crippen LogP contribution is -2.31. The molecule has 0 aliphatic heterocycles. The average Bonchev–Trinajstić information content (AvgIpc) is 2.77. The lowest BCUT2D eigenvalue weighted by Gasteiger charge is -2.13. The number of hydrogen-bond donors (Lipinski definition) is 3. The maximum absolute atomic E-state index is 13.3. The third-order valence-electron chi connectivity index (χ3n) is 5.28. The molecule has 0 aliphatic carbocycles. The van der Waals surface area contributed by atoms with Gasteiger partial charge in [-0.1, -0.05) is 35.9 Å². The van der Waals surface area contributed by atoms with E-state index in [0.717, 1.165) is 17.2 Å². The molecule has 3 aromatic carbocycles. The van der Waals surface area contributed by atoms with Crippen molar-refractivity contribution in [2.24, 2.45) is 0 Å². The summed E-state index contributed by atoms with van der Waals surface area (Å²) in [5.41, 5.74) is 3.73. The predicted octanol–water partition coefficient (Wildman–Crippen LogP) is 3.99. The Hall–Kier alpha value is -3.56. The number of amides is 2. The molecule has 0 saturated heterocycles. The van der Waals surface area contributed by atoms with Gasteiger partial charge in [0.05, 0.1) is 4.90 Å². The third kappa shape index (κ3) is 7.21. The van der Waals surface area contributed by atoms with Crippen LogP contribution >= 0.6 is 0 Å². The Balaban J connectivity index is 1.51. The number of halogens is 1. The number of aryl methyl sites for hydroxylation is 3. The van der Waals surface area contributed by atoms with E-state index in [0.29, 0.717) is 16.8 Å². The van der Waals surface area contributed by atoms with Crippen molar-refractivity contribution in [3.8, 4) is 0 Å². The fraction of sp³-hybridized carbons (Fsp3) is 0.231. The Kier molecular flexibility index (Phi) is 8.37. The fourth-order valence-electron chi connectivity index (χ4n) is 3.84. The molecule has 0 spiro atoms. The first-order valence-electron chi connectivity index (χ1n) is 11.1. The van der Waals surface area contributed by atoms with Gasteiger partial charge in [-0.25, -0.2) is 17.5 Å². The van der Waals surface area contributed by atoms with E-state index < -0.39 is 21.7 Å². The molecule has 0 aliphatic rings. The number of rotatable bonds is 9. The highest BCUT2D eigenvalue weighted by atomic mass is 32.2. The van der Waals surface area contributed by atoms with Gasteiger partial charge in [0, 0.05) is 30.8 Å². The number of carbonyl (C=O) groups excluding carboxylic acids is 2. The highest BCUT2D eigenvalue weighted by Gasteiger charge is 2.19. The van der Waals surface area contributed by atoms with Crippen LogP contribution in [0.5, 0.6) is 0 Å². The molecular weight excluding hydrogens is 469 g/mol. The van der Waals surface area contributed by atoms with Crippen molar-refractivity contribution in [2.45, 2.75) is 38.6 Å². The van der Waals surface area contributed by atoms with Crippen molar-refractivity contribution in [1.82, 2.24) is 10.0 Å². The predicted molar refractivity (Wildman–Crippen MR) is 133 cm³/mol. The van der Waals surface area contributed by atoms with Crippen LogP contribution in [0.4, 0.5) is 10.1 Å². The molecule has 184 valence electrons. The normalized spacial score (nSPS) is 11.2. The van der Waals surface area contributed by atoms with Gasteiger partial charge in [0.15, 0.2) is 0 Å². The molecule has 0 atom stereocenters. The topological polar surface area (TPSA) is 104 Å². The molecule has 0 radical (unpaired) electrons. The largest absolute Gasteiger partial charge is 0.352 e. The van der Waals surface area contributed by atoms with E-state index in [2.05, 4.69) is 15.4 Å². The maximum Gasteiger partial charge on any atom is 0.255 e. The van der Waals surface area contributed by atoms with Crippen molar-refractivity contribution in [2.75, 3.05) is 11.9 Å². The van der Waals surface area contributed by atoms with Gasteiger partial charge in [0.1, 0.15) is 5.82 Å². The lowest BCUT2D eigenvalue weighted by atomic mass is 10.1. The van der Waals surface area contributed by atoms with Crippen LogP contribution in [0.2, 0.25) is 0 Å². The summed E-state index contributed by atoms with van der Waals surface area (Å²) in [5, 5.41) is 5.44. The van der Waals surface area contributed by atoms with Gasteiger partial charge >= 0.3 is 0 Å². The van der Waals surface area contributed by atoms with E-state index in [1.165, 1.54) is 18.2 Å². The second-order valence-electron chi connectivity index (χ2n) is 8.32. The van der Waals surface area contributed by atoms with Crippen LogP contribution in [0, 0.1) is 26.6 Å². The molecule has 0 aromatic heterocycles. The van der Waals surface area contributed by atoms with E-state index in [1.54, 1.807) is 38.1 Å². The summed E-state index contributed by atoms with van der Waals surface area (Å²) >= 11 is 0. The zero-order chi connectivity index (χ0) is 25.6. The van der Waals surface area contributed by atoms with Crippen molar-refractivity contribution in [3.63, 3.8) is 0 Å². The summed E-state index contributed by atoms with van der Waals surface area (Å²) < 4.78 is 41.2. The van der Waals surface area contributed by atoms with E-state index in [-0.39, 0.29) is 35.9 Å². The Morgan fingerprint density at radius 2 is 1.60 bits per heavy atom. The van der Waals surface area contributed by atoms with Crippen molar-refractivity contribution in [3.05, 3.63) is 94.3 Å². The van der Waals surface area contributed by atoms with Gasteiger partial charge in [-0.05, 0) is 67.8 Å². The number of anilines is 1. The van der Waals surface area contributed by atoms with Gasteiger partial charge in [-0.15, -0.1) is 0 Å². The van der Waals surface area contributed by atoms with E-state index >= 15 is 0 Å². The molecule has 9 heteroatoms. The van der Waals surface area contributed by atoms with Crippen LogP contribution < -0.4 is 15.4 Å². The number of carbonyl (C=O) groups is 2. The second-order valence-corrected chi connectivity index (χ2v) is 10.0. The minimum atomic E-state index is -3.74. The molecule has 2 amide bonds. The standard InChI is InChI=1S/C26H28FN3O4S/c1-17-12-18(2)25(19(3)13-17)35(33,34)29-11-10-24(31)28-16-20-6-4-9-23(14-20)30-26(32)21-7-5-8-22(27)15-21/h4-9,12-15,29H,10-11,16H2,1-3H3,(H,28,31)(H,30,32). The average molecular weight is 498 g/mol. The molecule has 0 unspecified atom stereocenters. The molecule has 0 fully saturated rings. The Morgan fingerprint density at radius 1 is 0.914 bits per heavy atom. The molecule has 3 N–H and O–H groups in total. The highest BCUT2D eigenvalue weighted by Crippen LogP contribution is 2.21. The van der Waals surface area contributed by atoms with E-state index in [4.69, 9.17) is 0 Å². The molecular formula is C26H28FN3O4S. The summed E-state index contributed by atoms with van der Waals surface area (Å²) in [5.74, 6) is -1.27. The van der Waals surface area contributed by atoms with Crippen LogP contribution in [-0.2, 0) is 21.4 Å². The van der Waals surface area contributed by atoms with Crippen LogP contribution in [0.1, 0.15) is 39.0 Å². The summed E-state index contributed by atoms with van der Waals surface area (Å²) in [6.07, 6.45) is -0.0286. The molecule has 0 saturated carbocycles. The lowest BCUT2D eigenvalue weighted by molar-refractivity contribution is -0.121. The molecule has 35 heavy (non-hydrogen) atoms. The van der Waals surface area contributed by atoms with E-state index in [9.17, 15) is 22.4 Å². The zero-order valence-electron chi connectivity index (χ0n) is 19.8. The SMILES string of the molecule is Cc1cc(C)c(S(=O)(=O)NCCC(=O)NCc2cccc(NC(=O)c3cccc(F)c3)c2)c(C)c1. The number of benzene rings is 3. The zero-order valence-corrected chi connectivity index (χ0v) is 20.6.